The predicted molar refractivity (Wildman–Crippen MR) is 98.4 cm³/mol. The van der Waals surface area contributed by atoms with Crippen LogP contribution in [0.25, 0.3) is 0 Å². The van der Waals surface area contributed by atoms with Crippen molar-refractivity contribution in [1.82, 2.24) is 0 Å². The molecule has 0 saturated heterocycles. The summed E-state index contributed by atoms with van der Waals surface area (Å²) < 4.78 is 10.5. The Hall–Kier alpha value is -1.91. The van der Waals surface area contributed by atoms with Gasteiger partial charge in [-0.25, -0.2) is 0 Å². The average Bonchev–Trinajstić information content (AvgIpc) is 3.30. The Morgan fingerprint density at radius 3 is 1.92 bits per heavy atom. The minimum atomic E-state index is -1.33. The maximum Gasteiger partial charge on any atom is 0.324 e. The van der Waals surface area contributed by atoms with Crippen molar-refractivity contribution in [3.8, 4) is 0 Å². The van der Waals surface area contributed by atoms with Gasteiger partial charge in [-0.15, -0.1) is 0 Å². The van der Waals surface area contributed by atoms with Crippen molar-refractivity contribution in [2.75, 3.05) is 13.2 Å². The van der Waals surface area contributed by atoms with Crippen LogP contribution < -0.4 is 0 Å². The smallest absolute Gasteiger partial charge is 0.324 e. The van der Waals surface area contributed by atoms with E-state index in [-0.39, 0.29) is 31.3 Å². The lowest BCUT2D eigenvalue weighted by Crippen LogP contribution is -2.41. The molecule has 144 valence electrons. The van der Waals surface area contributed by atoms with E-state index in [1.807, 2.05) is 12.2 Å². The molecule has 2 aliphatic carbocycles. The second-order valence-corrected chi connectivity index (χ2v) is 7.21. The van der Waals surface area contributed by atoms with Gasteiger partial charge in [0.2, 0.25) is 0 Å². The molecule has 0 N–H and O–H groups in total. The van der Waals surface area contributed by atoms with Crippen LogP contribution in [0, 0.1) is 11.3 Å². The summed E-state index contributed by atoms with van der Waals surface area (Å²) in [6.45, 7) is 5.54. The first-order valence-electron chi connectivity index (χ1n) is 9.63. The van der Waals surface area contributed by atoms with Gasteiger partial charge in [0.05, 0.1) is 13.2 Å². The standard InChI is InChI=1S/C21H30O5/c1-4-25-19(23)21(20(24)26-5-2,12-10-16-6-7-16)13-11-17-8-9-18(14-17)15(3)22/h10-11,18H,4-9,12-14H2,1-3H3/b17-11+. The molecule has 0 radical (unpaired) electrons. The molecular formula is C21H30O5. The number of allylic oxidation sites excluding steroid dienone is 4. The molecule has 5 heteroatoms. The zero-order valence-corrected chi connectivity index (χ0v) is 16.1. The molecule has 0 aromatic rings. The number of rotatable bonds is 9. The van der Waals surface area contributed by atoms with Gasteiger partial charge in [0, 0.05) is 5.92 Å². The SMILES string of the molecule is CCOC(=O)C(CC=C1CC1)(C/C=C1\CCC(C(C)=O)C1)C(=O)OCC. The fourth-order valence-electron chi connectivity index (χ4n) is 3.36. The number of carbonyl (C=O) groups is 3. The van der Waals surface area contributed by atoms with Crippen LogP contribution in [-0.4, -0.2) is 30.9 Å². The van der Waals surface area contributed by atoms with Crippen LogP contribution in [0.3, 0.4) is 0 Å². The van der Waals surface area contributed by atoms with E-state index in [9.17, 15) is 14.4 Å². The lowest BCUT2D eigenvalue weighted by molar-refractivity contribution is -0.171. The van der Waals surface area contributed by atoms with Crippen molar-refractivity contribution in [1.29, 1.82) is 0 Å². The predicted octanol–water partition coefficient (Wildman–Crippen LogP) is 3.91. The number of hydrogen-bond acceptors (Lipinski definition) is 5. The van der Waals surface area contributed by atoms with Crippen LogP contribution in [0.5, 0.6) is 0 Å². The minimum Gasteiger partial charge on any atom is -0.465 e. The molecule has 0 aromatic carbocycles. The molecule has 0 aliphatic heterocycles. The molecule has 0 heterocycles. The first-order chi connectivity index (χ1) is 12.4. The average molecular weight is 362 g/mol. The van der Waals surface area contributed by atoms with Gasteiger partial charge < -0.3 is 9.47 Å². The monoisotopic (exact) mass is 362 g/mol. The maximum absolute atomic E-state index is 12.8. The van der Waals surface area contributed by atoms with Gasteiger partial charge in [0.15, 0.2) is 5.41 Å². The summed E-state index contributed by atoms with van der Waals surface area (Å²) in [4.78, 5) is 37.1. The maximum atomic E-state index is 12.8. The Balaban J connectivity index is 2.24. The Kier molecular flexibility index (Phi) is 7.18. The molecule has 2 saturated carbocycles. The van der Waals surface area contributed by atoms with Gasteiger partial charge in [-0.05, 0) is 65.7 Å². The normalized spacial score (nSPS) is 20.8. The van der Waals surface area contributed by atoms with E-state index in [0.29, 0.717) is 6.42 Å². The summed E-state index contributed by atoms with van der Waals surface area (Å²) in [7, 11) is 0. The minimum absolute atomic E-state index is 0.0643. The summed E-state index contributed by atoms with van der Waals surface area (Å²) >= 11 is 0. The molecule has 5 nitrogen and oxygen atoms in total. The van der Waals surface area contributed by atoms with Crippen molar-refractivity contribution >= 4 is 17.7 Å². The van der Waals surface area contributed by atoms with Crippen LogP contribution in [0.4, 0.5) is 0 Å². The molecule has 1 atom stereocenters. The summed E-state index contributed by atoms with van der Waals surface area (Å²) in [6, 6.07) is 0. The van der Waals surface area contributed by atoms with Crippen LogP contribution in [-0.2, 0) is 23.9 Å². The zero-order valence-electron chi connectivity index (χ0n) is 16.1. The highest BCUT2D eigenvalue weighted by molar-refractivity contribution is 6.00. The van der Waals surface area contributed by atoms with E-state index >= 15 is 0 Å². The second kappa shape index (κ2) is 9.15. The van der Waals surface area contributed by atoms with Gasteiger partial charge in [-0.1, -0.05) is 23.3 Å². The van der Waals surface area contributed by atoms with Crippen LogP contribution in [0.1, 0.15) is 65.7 Å². The highest BCUT2D eigenvalue weighted by Gasteiger charge is 2.47. The molecule has 1 unspecified atom stereocenters. The molecule has 0 bridgehead atoms. The lowest BCUT2D eigenvalue weighted by atomic mass is 9.80. The summed E-state index contributed by atoms with van der Waals surface area (Å²) in [5.41, 5.74) is 1.08. The van der Waals surface area contributed by atoms with Crippen molar-refractivity contribution in [2.24, 2.45) is 11.3 Å². The van der Waals surface area contributed by atoms with Crippen molar-refractivity contribution in [3.63, 3.8) is 0 Å². The van der Waals surface area contributed by atoms with Gasteiger partial charge >= 0.3 is 11.9 Å². The number of esters is 2. The first kappa shape index (κ1) is 20.4. The first-order valence-corrected chi connectivity index (χ1v) is 9.63. The Bertz CT molecular complexity index is 590. The van der Waals surface area contributed by atoms with Crippen LogP contribution >= 0.6 is 0 Å². The van der Waals surface area contributed by atoms with E-state index in [1.165, 1.54) is 5.57 Å². The number of Topliss-reactive ketones (excluding diaryl/α,β-unsaturated/α-hetero) is 1. The Labute approximate surface area is 155 Å². The van der Waals surface area contributed by atoms with Gasteiger partial charge in [0.25, 0.3) is 0 Å². The quantitative estimate of drug-likeness (QED) is 0.353. The summed E-state index contributed by atoms with van der Waals surface area (Å²) in [5, 5.41) is 0. The van der Waals surface area contributed by atoms with E-state index in [4.69, 9.17) is 9.47 Å². The molecule has 2 fully saturated rings. The fourth-order valence-corrected chi connectivity index (χ4v) is 3.36. The van der Waals surface area contributed by atoms with E-state index in [1.54, 1.807) is 20.8 Å². The van der Waals surface area contributed by atoms with Gasteiger partial charge in [-0.2, -0.15) is 0 Å². The van der Waals surface area contributed by atoms with Crippen LogP contribution in [0.2, 0.25) is 0 Å². The highest BCUT2D eigenvalue weighted by Crippen LogP contribution is 2.38. The number of ketones is 1. The number of carbonyl (C=O) groups excluding carboxylic acids is 3. The third kappa shape index (κ3) is 5.05. The van der Waals surface area contributed by atoms with E-state index in [0.717, 1.165) is 37.7 Å². The molecule has 0 aromatic heterocycles. The molecule has 2 rings (SSSR count). The molecular weight excluding hydrogens is 332 g/mol. The Morgan fingerprint density at radius 1 is 0.962 bits per heavy atom. The van der Waals surface area contributed by atoms with Crippen molar-refractivity contribution < 1.29 is 23.9 Å². The van der Waals surface area contributed by atoms with Gasteiger partial charge in [-0.3, -0.25) is 14.4 Å². The second-order valence-electron chi connectivity index (χ2n) is 7.21. The van der Waals surface area contributed by atoms with Crippen molar-refractivity contribution in [2.45, 2.75) is 65.7 Å². The molecule has 2 aliphatic rings. The molecule has 0 spiro atoms. The third-order valence-electron chi connectivity index (χ3n) is 5.25. The number of hydrogen-bond donors (Lipinski definition) is 0. The lowest BCUT2D eigenvalue weighted by Gasteiger charge is -2.27. The molecule has 26 heavy (non-hydrogen) atoms. The van der Waals surface area contributed by atoms with E-state index < -0.39 is 17.4 Å². The van der Waals surface area contributed by atoms with Crippen LogP contribution in [0.15, 0.2) is 23.3 Å². The van der Waals surface area contributed by atoms with Crippen molar-refractivity contribution in [3.05, 3.63) is 23.3 Å². The third-order valence-corrected chi connectivity index (χ3v) is 5.25. The summed E-state index contributed by atoms with van der Waals surface area (Å²) in [5.74, 6) is -0.772. The fraction of sp³-hybridized carbons (Fsp3) is 0.667. The largest absolute Gasteiger partial charge is 0.465 e. The zero-order chi connectivity index (χ0) is 19.2. The van der Waals surface area contributed by atoms with Gasteiger partial charge in [0.1, 0.15) is 5.78 Å². The number of ether oxygens (including phenoxy) is 2. The van der Waals surface area contributed by atoms with E-state index in [2.05, 4.69) is 0 Å². The molecule has 0 amide bonds. The Morgan fingerprint density at radius 2 is 1.50 bits per heavy atom. The highest BCUT2D eigenvalue weighted by atomic mass is 16.6. The topological polar surface area (TPSA) is 69.7 Å². The summed E-state index contributed by atoms with van der Waals surface area (Å²) in [6.07, 6.45) is 8.98.